The predicted octanol–water partition coefficient (Wildman–Crippen LogP) is 4.23. The van der Waals surface area contributed by atoms with Crippen LogP contribution < -0.4 is 9.64 Å². The summed E-state index contributed by atoms with van der Waals surface area (Å²) in [6, 6.07) is 10.4. The molecule has 180 valence electrons. The number of hydrogen-bond acceptors (Lipinski definition) is 7. The maximum atomic E-state index is 13.2. The molecule has 0 N–H and O–H groups in total. The van der Waals surface area contributed by atoms with Crippen LogP contribution in [0.25, 0.3) is 5.69 Å². The minimum absolute atomic E-state index is 0.105. The van der Waals surface area contributed by atoms with Crippen LogP contribution in [0.5, 0.6) is 5.75 Å². The number of Topliss-reactive ketones (excluding diaryl/α,β-unsaturated/α-hetero) is 1. The minimum Gasteiger partial charge on any atom is -0.494 e. The molecule has 1 aliphatic carbocycles. The van der Waals surface area contributed by atoms with Gasteiger partial charge in [-0.05, 0) is 63.9 Å². The Balaban J connectivity index is 1.32. The van der Waals surface area contributed by atoms with E-state index in [1.165, 1.54) is 11.8 Å². The van der Waals surface area contributed by atoms with Crippen molar-refractivity contribution >= 4 is 23.5 Å². The molecule has 1 aromatic carbocycles. The molecule has 3 heterocycles. The van der Waals surface area contributed by atoms with Gasteiger partial charge in [-0.3, -0.25) is 9.36 Å². The number of morpholine rings is 1. The van der Waals surface area contributed by atoms with E-state index in [0.717, 1.165) is 65.4 Å². The Morgan fingerprint density at radius 2 is 1.88 bits per heavy atom. The quantitative estimate of drug-likeness (QED) is 0.334. The summed E-state index contributed by atoms with van der Waals surface area (Å²) in [4.78, 5) is 15.5. The summed E-state index contributed by atoms with van der Waals surface area (Å²) in [5.74, 6) is 2.20. The van der Waals surface area contributed by atoms with Crippen LogP contribution in [0.2, 0.25) is 0 Å². The van der Waals surface area contributed by atoms with Crippen molar-refractivity contribution in [2.24, 2.45) is 0 Å². The second-order valence-electron chi connectivity index (χ2n) is 8.74. The molecule has 0 unspecified atom stereocenters. The smallest absolute Gasteiger partial charge is 0.228 e. The third-order valence-electron chi connectivity index (χ3n) is 6.32. The molecule has 3 aromatic rings. The SMILES string of the molecule is CCOc1ccc(-n2c(C)cc(C(=O)CSc3nnc(N4CCOCC4)n3C3CC3)c2C)cc1. The number of thioether (sulfide) groups is 1. The molecule has 8 nitrogen and oxygen atoms in total. The van der Waals surface area contributed by atoms with Crippen LogP contribution in [0.1, 0.15) is 47.6 Å². The van der Waals surface area contributed by atoms with Gasteiger partial charge in [-0.2, -0.15) is 0 Å². The van der Waals surface area contributed by atoms with Crippen molar-refractivity contribution in [2.45, 2.75) is 44.8 Å². The summed E-state index contributed by atoms with van der Waals surface area (Å²) in [6.45, 7) is 9.72. The summed E-state index contributed by atoms with van der Waals surface area (Å²) in [5, 5.41) is 9.77. The van der Waals surface area contributed by atoms with E-state index in [9.17, 15) is 4.79 Å². The van der Waals surface area contributed by atoms with Crippen LogP contribution >= 0.6 is 11.8 Å². The number of anilines is 1. The fourth-order valence-electron chi connectivity index (χ4n) is 4.51. The molecule has 1 saturated carbocycles. The number of rotatable bonds is 9. The maximum Gasteiger partial charge on any atom is 0.228 e. The molecule has 0 spiro atoms. The molecule has 2 aromatic heterocycles. The van der Waals surface area contributed by atoms with Gasteiger partial charge in [0.1, 0.15) is 5.75 Å². The van der Waals surface area contributed by atoms with Gasteiger partial charge in [0.25, 0.3) is 0 Å². The number of aryl methyl sites for hydroxylation is 1. The molecular formula is C25H31N5O3S. The highest BCUT2D eigenvalue weighted by Crippen LogP contribution is 2.41. The normalized spacial score (nSPS) is 16.1. The molecule has 0 amide bonds. The van der Waals surface area contributed by atoms with E-state index >= 15 is 0 Å². The van der Waals surface area contributed by atoms with Gasteiger partial charge in [0, 0.05) is 41.8 Å². The maximum absolute atomic E-state index is 13.2. The number of carbonyl (C=O) groups excluding carboxylic acids is 1. The Kier molecular flexibility index (Phi) is 6.65. The first kappa shape index (κ1) is 23.0. The lowest BCUT2D eigenvalue weighted by atomic mass is 10.2. The number of benzene rings is 1. The van der Waals surface area contributed by atoms with Gasteiger partial charge in [0.2, 0.25) is 5.95 Å². The molecule has 0 atom stereocenters. The van der Waals surface area contributed by atoms with Crippen molar-refractivity contribution in [1.29, 1.82) is 0 Å². The van der Waals surface area contributed by atoms with E-state index in [1.807, 2.05) is 51.1 Å². The van der Waals surface area contributed by atoms with Gasteiger partial charge in [-0.1, -0.05) is 11.8 Å². The van der Waals surface area contributed by atoms with Gasteiger partial charge in [-0.15, -0.1) is 10.2 Å². The molecule has 0 bridgehead atoms. The lowest BCUT2D eigenvalue weighted by molar-refractivity contribution is 0.102. The predicted molar refractivity (Wildman–Crippen MR) is 133 cm³/mol. The van der Waals surface area contributed by atoms with E-state index < -0.39 is 0 Å². The van der Waals surface area contributed by atoms with Gasteiger partial charge < -0.3 is 18.9 Å². The van der Waals surface area contributed by atoms with Crippen LogP contribution in [0.3, 0.4) is 0 Å². The van der Waals surface area contributed by atoms with Crippen LogP contribution in [-0.2, 0) is 4.74 Å². The summed E-state index contributed by atoms with van der Waals surface area (Å²) >= 11 is 1.49. The Hall–Kier alpha value is -2.78. The van der Waals surface area contributed by atoms with E-state index in [4.69, 9.17) is 9.47 Å². The highest BCUT2D eigenvalue weighted by Gasteiger charge is 2.32. The molecule has 0 radical (unpaired) electrons. The zero-order chi connectivity index (χ0) is 23.7. The molecule has 9 heteroatoms. The number of ketones is 1. The fraction of sp³-hybridized carbons (Fsp3) is 0.480. The number of nitrogens with zero attached hydrogens (tertiary/aromatic N) is 5. The standard InChI is InChI=1S/C25H31N5O3S/c1-4-33-21-9-7-19(8-10-21)29-17(2)15-22(18(29)3)23(31)16-34-25-27-26-24(30(25)20-5-6-20)28-11-13-32-14-12-28/h7-10,15,20H,4-6,11-14,16H2,1-3H3. The van der Waals surface area contributed by atoms with Gasteiger partial charge in [0.05, 0.1) is 25.6 Å². The summed E-state index contributed by atoms with van der Waals surface area (Å²) in [5.41, 5.74) is 3.76. The first-order valence-corrected chi connectivity index (χ1v) is 12.9. The van der Waals surface area contributed by atoms with Crippen molar-refractivity contribution in [3.63, 3.8) is 0 Å². The Morgan fingerprint density at radius 1 is 1.15 bits per heavy atom. The highest BCUT2D eigenvalue weighted by atomic mass is 32.2. The zero-order valence-corrected chi connectivity index (χ0v) is 20.8. The lowest BCUT2D eigenvalue weighted by Gasteiger charge is -2.27. The third-order valence-corrected chi connectivity index (χ3v) is 7.27. The monoisotopic (exact) mass is 481 g/mol. The van der Waals surface area contributed by atoms with Crippen molar-refractivity contribution in [3.8, 4) is 11.4 Å². The minimum atomic E-state index is 0.105. The van der Waals surface area contributed by atoms with E-state index in [1.54, 1.807) is 0 Å². The summed E-state index contributed by atoms with van der Waals surface area (Å²) in [7, 11) is 0. The molecule has 2 aliphatic rings. The highest BCUT2D eigenvalue weighted by molar-refractivity contribution is 7.99. The first-order chi connectivity index (χ1) is 16.6. The van der Waals surface area contributed by atoms with Crippen LogP contribution in [0.15, 0.2) is 35.5 Å². The van der Waals surface area contributed by atoms with Gasteiger partial charge in [0.15, 0.2) is 10.9 Å². The van der Waals surface area contributed by atoms with E-state index in [2.05, 4.69) is 24.2 Å². The topological polar surface area (TPSA) is 74.4 Å². The first-order valence-electron chi connectivity index (χ1n) is 11.9. The van der Waals surface area contributed by atoms with E-state index in [0.29, 0.717) is 31.6 Å². The molecule has 2 fully saturated rings. The van der Waals surface area contributed by atoms with Crippen LogP contribution in [0, 0.1) is 13.8 Å². The largest absolute Gasteiger partial charge is 0.494 e. The average Bonchev–Trinajstić information content (AvgIpc) is 3.53. The molecule has 5 rings (SSSR count). The third kappa shape index (κ3) is 4.59. The number of carbonyl (C=O) groups is 1. The fourth-order valence-corrected chi connectivity index (χ4v) is 5.39. The van der Waals surface area contributed by atoms with Crippen molar-refractivity contribution in [3.05, 3.63) is 47.3 Å². The summed E-state index contributed by atoms with van der Waals surface area (Å²) in [6.07, 6.45) is 2.28. The van der Waals surface area contributed by atoms with Crippen molar-refractivity contribution in [1.82, 2.24) is 19.3 Å². The van der Waals surface area contributed by atoms with Crippen LogP contribution in [-0.4, -0.2) is 63.8 Å². The Bertz CT molecular complexity index is 1160. The number of hydrogen-bond donors (Lipinski definition) is 0. The lowest BCUT2D eigenvalue weighted by Crippen LogP contribution is -2.38. The number of aromatic nitrogens is 4. The van der Waals surface area contributed by atoms with Gasteiger partial charge >= 0.3 is 0 Å². The average molecular weight is 482 g/mol. The van der Waals surface area contributed by atoms with E-state index in [-0.39, 0.29) is 5.78 Å². The summed E-state index contributed by atoms with van der Waals surface area (Å²) < 4.78 is 15.4. The Morgan fingerprint density at radius 3 is 2.56 bits per heavy atom. The molecular weight excluding hydrogens is 450 g/mol. The molecule has 1 saturated heterocycles. The van der Waals surface area contributed by atoms with Crippen molar-refractivity contribution < 1.29 is 14.3 Å². The molecule has 1 aliphatic heterocycles. The zero-order valence-electron chi connectivity index (χ0n) is 20.0. The second-order valence-corrected chi connectivity index (χ2v) is 9.68. The van der Waals surface area contributed by atoms with Gasteiger partial charge in [-0.25, -0.2) is 0 Å². The Labute approximate surface area is 204 Å². The molecule has 34 heavy (non-hydrogen) atoms. The van der Waals surface area contributed by atoms with Crippen LogP contribution in [0.4, 0.5) is 5.95 Å². The number of ether oxygens (including phenoxy) is 2. The second kappa shape index (κ2) is 9.84. The van der Waals surface area contributed by atoms with Crippen molar-refractivity contribution in [2.75, 3.05) is 43.6 Å².